The van der Waals surface area contributed by atoms with Gasteiger partial charge in [0, 0.05) is 45.6 Å². The third-order valence-corrected chi connectivity index (χ3v) is 8.30. The van der Waals surface area contributed by atoms with Crippen LogP contribution >= 0.6 is 35.1 Å². The largest absolute Gasteiger partial charge is 0.477 e. The molecule has 2 aromatic heterocycles. The number of hydrogen-bond acceptors (Lipinski definition) is 13. The van der Waals surface area contributed by atoms with Crippen LogP contribution in [0.25, 0.3) is 0 Å². The van der Waals surface area contributed by atoms with Gasteiger partial charge in [-0.2, -0.15) is 21.1 Å². The molecule has 0 bridgehead atoms. The Labute approximate surface area is 224 Å². The van der Waals surface area contributed by atoms with Gasteiger partial charge in [-0.25, -0.2) is 4.79 Å². The van der Waals surface area contributed by atoms with Crippen LogP contribution in [0.15, 0.2) is 39.0 Å². The van der Waals surface area contributed by atoms with Crippen molar-refractivity contribution >= 4 is 63.7 Å². The summed E-state index contributed by atoms with van der Waals surface area (Å²) in [5.41, 5.74) is 11.7. The first kappa shape index (κ1) is 26.8. The highest BCUT2D eigenvalue weighted by atomic mass is 32.2. The minimum Gasteiger partial charge on any atom is -0.477 e. The lowest BCUT2D eigenvalue weighted by molar-refractivity contribution is -0.155. The molecule has 0 aromatic carbocycles. The normalized spacial score (nSPS) is 19.4. The number of aromatic nitrogens is 3. The number of nitrogens with zero attached hydrogens (tertiary/aromatic N) is 5. The summed E-state index contributed by atoms with van der Waals surface area (Å²) in [5, 5.41) is 16.4. The van der Waals surface area contributed by atoms with Crippen LogP contribution in [-0.2, 0) is 25.0 Å². The fraction of sp³-hybridized carbons (Fsp3) is 0.381. The zero-order valence-electron chi connectivity index (χ0n) is 19.6. The molecule has 4 rings (SSSR count). The van der Waals surface area contributed by atoms with Crippen molar-refractivity contribution < 1.29 is 24.3 Å². The molecule has 2 aliphatic rings. The fourth-order valence-corrected chi connectivity index (χ4v) is 6.37. The third kappa shape index (κ3) is 5.71. The maximum Gasteiger partial charge on any atom is 0.353 e. The molecule has 0 radical (unpaired) electrons. The number of pyridine rings is 1. The molecule has 2 unspecified atom stereocenters. The molecule has 0 saturated carbocycles. The van der Waals surface area contributed by atoms with E-state index in [0.717, 1.165) is 27.9 Å². The van der Waals surface area contributed by atoms with Crippen LogP contribution < -0.4 is 16.8 Å². The van der Waals surface area contributed by atoms with Crippen molar-refractivity contribution in [2.45, 2.75) is 35.6 Å². The number of allylic oxidation sites excluding steroid dienone is 1. The number of anilines is 1. The average Bonchev–Trinajstić information content (AvgIpc) is 3.32. The lowest BCUT2D eigenvalue weighted by Gasteiger charge is -2.50. The molecule has 1 fully saturated rings. The topological polar surface area (TPSA) is 199 Å². The van der Waals surface area contributed by atoms with E-state index in [9.17, 15) is 19.5 Å². The van der Waals surface area contributed by atoms with Gasteiger partial charge >= 0.3 is 5.97 Å². The van der Waals surface area contributed by atoms with Crippen LogP contribution in [0.2, 0.25) is 0 Å². The number of nitrogens with one attached hydrogen (secondary N) is 1. The van der Waals surface area contributed by atoms with Crippen molar-refractivity contribution in [1.29, 1.82) is 0 Å². The van der Waals surface area contributed by atoms with Crippen LogP contribution in [-0.4, -0.2) is 79.3 Å². The summed E-state index contributed by atoms with van der Waals surface area (Å²) in [4.78, 5) is 53.9. The molecule has 1 saturated heterocycles. The number of carboxylic acid groups (broad SMARTS) is 1. The summed E-state index contributed by atoms with van der Waals surface area (Å²) in [6.07, 6.45) is 2.57. The number of nitrogens with two attached hydrogens (primary N) is 2. The summed E-state index contributed by atoms with van der Waals surface area (Å²) < 4.78 is 3.96. The Morgan fingerprint density at radius 1 is 1.43 bits per heavy atom. The van der Waals surface area contributed by atoms with E-state index in [1.165, 1.54) is 23.8 Å². The fourth-order valence-electron chi connectivity index (χ4n) is 3.95. The molecule has 2 aliphatic heterocycles. The van der Waals surface area contributed by atoms with E-state index in [2.05, 4.69) is 24.8 Å². The molecule has 0 aliphatic carbocycles. The predicted octanol–water partition coefficient (Wildman–Crippen LogP) is 0.636. The number of thioether (sulfide) groups is 2. The average molecular weight is 565 g/mol. The van der Waals surface area contributed by atoms with E-state index >= 15 is 0 Å². The summed E-state index contributed by atoms with van der Waals surface area (Å²) in [5.74, 6) is -1.08. The monoisotopic (exact) mass is 564 g/mol. The molecule has 4 heterocycles. The van der Waals surface area contributed by atoms with Gasteiger partial charge in [0.05, 0.1) is 11.7 Å². The maximum atomic E-state index is 13.1. The van der Waals surface area contributed by atoms with Crippen LogP contribution in [0.1, 0.15) is 24.4 Å². The molecule has 196 valence electrons. The minimum absolute atomic E-state index is 0.0316. The molecule has 37 heavy (non-hydrogen) atoms. The second-order valence-corrected chi connectivity index (χ2v) is 10.8. The van der Waals surface area contributed by atoms with E-state index < -0.39 is 29.9 Å². The number of carboxylic acids is 1. The van der Waals surface area contributed by atoms with E-state index in [4.69, 9.17) is 16.3 Å². The number of hydrogen-bond donors (Lipinski definition) is 4. The molecule has 6 N–H and O–H groups in total. The van der Waals surface area contributed by atoms with Gasteiger partial charge in [0.15, 0.2) is 5.13 Å². The Balaban J connectivity index is 1.52. The van der Waals surface area contributed by atoms with E-state index in [-0.39, 0.29) is 22.4 Å². The Kier molecular flexibility index (Phi) is 8.63. The molecule has 2 amide bonds. The van der Waals surface area contributed by atoms with Crippen LogP contribution in [0.3, 0.4) is 0 Å². The SMILES string of the molecule is CON=C(C(=O)NC1C(=O)N2C(C(=O)O)=C(Sc3cccnc3CSCCN)CCC12)c1nsc(N)n1. The van der Waals surface area contributed by atoms with Crippen LogP contribution in [0.5, 0.6) is 0 Å². The zero-order valence-corrected chi connectivity index (χ0v) is 22.1. The van der Waals surface area contributed by atoms with Gasteiger partial charge in [0.2, 0.25) is 11.5 Å². The molecule has 0 spiro atoms. The van der Waals surface area contributed by atoms with Crippen molar-refractivity contribution in [1.82, 2.24) is 24.6 Å². The highest BCUT2D eigenvalue weighted by Gasteiger charge is 2.54. The number of rotatable bonds is 11. The Hall–Kier alpha value is -3.21. The molecular formula is C21H24N8O5S3. The number of aliphatic carboxylic acids is 1. The standard InChI is InChI=1S/C21H24N8O5S3/c1-34-27-15(17-26-21(23)37-28-17)18(30)25-14-11-4-5-13(16(20(32)33)29(11)19(14)31)36-12-3-2-7-24-10(12)9-35-8-6-22/h2-3,7,11,14H,4-6,8-9,22H2,1H3,(H,25,30)(H,32,33)(H2,23,26,28). The summed E-state index contributed by atoms with van der Waals surface area (Å²) in [6, 6.07) is 2.23. The highest BCUT2D eigenvalue weighted by Crippen LogP contribution is 2.44. The summed E-state index contributed by atoms with van der Waals surface area (Å²) >= 11 is 3.83. The first-order valence-corrected chi connectivity index (χ1v) is 13.8. The molecule has 13 nitrogen and oxygen atoms in total. The number of amides is 2. The van der Waals surface area contributed by atoms with Gasteiger partial charge in [-0.1, -0.05) is 16.9 Å². The summed E-state index contributed by atoms with van der Waals surface area (Å²) in [6.45, 7) is 0.553. The molecule has 2 atom stereocenters. The van der Waals surface area contributed by atoms with Gasteiger partial charge in [-0.15, -0.1) is 0 Å². The lowest BCUT2D eigenvalue weighted by atomic mass is 9.86. The molecule has 2 aromatic rings. The zero-order chi connectivity index (χ0) is 26.5. The number of carbonyl (C=O) groups excluding carboxylic acids is 2. The van der Waals surface area contributed by atoms with E-state index in [0.29, 0.717) is 30.0 Å². The summed E-state index contributed by atoms with van der Waals surface area (Å²) in [7, 11) is 1.26. The van der Waals surface area contributed by atoms with Crippen molar-refractivity contribution in [3.63, 3.8) is 0 Å². The molecule has 16 heteroatoms. The highest BCUT2D eigenvalue weighted by molar-refractivity contribution is 8.03. The number of oxime groups is 1. The van der Waals surface area contributed by atoms with Gasteiger partial charge < -0.3 is 26.7 Å². The number of fused-ring (bicyclic) bond motifs is 1. The van der Waals surface area contributed by atoms with Crippen molar-refractivity contribution in [3.05, 3.63) is 40.5 Å². The Bertz CT molecular complexity index is 1270. The molecular weight excluding hydrogens is 540 g/mol. The predicted molar refractivity (Wildman–Crippen MR) is 140 cm³/mol. The maximum absolute atomic E-state index is 13.1. The second kappa shape index (κ2) is 11.9. The Morgan fingerprint density at radius 3 is 2.92 bits per heavy atom. The van der Waals surface area contributed by atoms with Gasteiger partial charge in [0.1, 0.15) is 18.8 Å². The quantitative estimate of drug-likeness (QED) is 0.129. The first-order chi connectivity index (χ1) is 17.8. The number of carbonyl (C=O) groups is 3. The number of nitrogen functional groups attached to an aromatic ring is 1. The number of β-lactam (4-membered cyclic amide) rings is 1. The van der Waals surface area contributed by atoms with Gasteiger partial charge in [-0.3, -0.25) is 19.5 Å². The van der Waals surface area contributed by atoms with E-state index in [1.54, 1.807) is 24.0 Å². The van der Waals surface area contributed by atoms with Crippen LogP contribution in [0, 0.1) is 0 Å². The van der Waals surface area contributed by atoms with Crippen molar-refractivity contribution in [3.8, 4) is 0 Å². The van der Waals surface area contributed by atoms with Crippen molar-refractivity contribution in [2.24, 2.45) is 10.9 Å². The first-order valence-electron chi connectivity index (χ1n) is 11.1. The lowest BCUT2D eigenvalue weighted by Crippen LogP contribution is -2.72. The van der Waals surface area contributed by atoms with Crippen LogP contribution in [0.4, 0.5) is 5.13 Å². The minimum atomic E-state index is -1.21. The smallest absolute Gasteiger partial charge is 0.353 e. The van der Waals surface area contributed by atoms with Crippen molar-refractivity contribution in [2.75, 3.05) is 25.1 Å². The second-order valence-electron chi connectivity index (χ2n) is 7.81. The third-order valence-electron chi connectivity index (χ3n) is 5.52. The van der Waals surface area contributed by atoms with Gasteiger partial charge in [0.25, 0.3) is 11.8 Å². The van der Waals surface area contributed by atoms with E-state index in [1.807, 2.05) is 6.07 Å². The Morgan fingerprint density at radius 2 is 2.24 bits per heavy atom. The van der Waals surface area contributed by atoms with Gasteiger partial charge in [-0.05, 0) is 25.0 Å².